The van der Waals surface area contributed by atoms with Crippen molar-refractivity contribution in [3.8, 4) is 0 Å². The van der Waals surface area contributed by atoms with E-state index in [4.69, 9.17) is 0 Å². The van der Waals surface area contributed by atoms with Crippen LogP contribution in [-0.2, 0) is 0 Å². The summed E-state index contributed by atoms with van der Waals surface area (Å²) in [6, 6.07) is 0. The molecular weight excluding hydrogens is 148 g/mol. The van der Waals surface area contributed by atoms with Crippen molar-refractivity contribution >= 4 is 0 Å². The van der Waals surface area contributed by atoms with Gasteiger partial charge in [0.15, 0.2) is 0 Å². The van der Waals surface area contributed by atoms with Gasteiger partial charge in [0.05, 0.1) is 0 Å². The highest BCUT2D eigenvalue weighted by Gasteiger charge is 2.53. The van der Waals surface area contributed by atoms with Crippen LogP contribution < -0.4 is 0 Å². The molecule has 0 aromatic heterocycles. The maximum Gasteiger partial charge on any atom is 0.422 e. The maximum atomic E-state index is 12.6. The van der Waals surface area contributed by atoms with E-state index < -0.39 is 17.8 Å². The van der Waals surface area contributed by atoms with E-state index in [1.165, 1.54) is 13.8 Å². The summed E-state index contributed by atoms with van der Waals surface area (Å²) < 4.78 is 47.7. The molecule has 0 saturated carbocycles. The van der Waals surface area contributed by atoms with E-state index in [0.717, 1.165) is 0 Å². The highest BCUT2D eigenvalue weighted by atomic mass is 19.4. The molecule has 0 amide bonds. The van der Waals surface area contributed by atoms with Crippen molar-refractivity contribution in [1.29, 1.82) is 0 Å². The van der Waals surface area contributed by atoms with E-state index in [1.807, 2.05) is 0 Å². The summed E-state index contributed by atoms with van der Waals surface area (Å²) in [6.45, 7) is 2.96. The maximum absolute atomic E-state index is 12.6. The molecule has 62 valence electrons. The topological polar surface area (TPSA) is 0 Å². The zero-order valence-electron chi connectivity index (χ0n) is 6.09. The lowest BCUT2D eigenvalue weighted by Gasteiger charge is -2.26. The molecule has 1 atom stereocenters. The van der Waals surface area contributed by atoms with Gasteiger partial charge in [-0.3, -0.25) is 0 Å². The van der Waals surface area contributed by atoms with Crippen LogP contribution in [0.3, 0.4) is 0 Å². The lowest BCUT2D eigenvalue weighted by atomic mass is 9.94. The van der Waals surface area contributed by atoms with E-state index in [9.17, 15) is 17.6 Å². The van der Waals surface area contributed by atoms with E-state index in [0.29, 0.717) is 6.92 Å². The molecule has 0 N–H and O–H groups in total. The molecule has 0 rings (SSSR count). The van der Waals surface area contributed by atoms with E-state index in [-0.39, 0.29) is 0 Å². The first-order valence-electron chi connectivity index (χ1n) is 2.95. The fraction of sp³-hybridized carbons (Fsp3) is 1.00. The van der Waals surface area contributed by atoms with Crippen molar-refractivity contribution in [3.05, 3.63) is 0 Å². The number of alkyl halides is 4. The Kier molecular flexibility index (Phi) is 2.33. The van der Waals surface area contributed by atoms with Gasteiger partial charge in [0.25, 0.3) is 0 Å². The molecule has 0 radical (unpaired) electrons. The normalized spacial score (nSPS) is 19.2. The average Bonchev–Trinajstić information content (AvgIpc) is 1.62. The smallest absolute Gasteiger partial charge is 0.234 e. The fourth-order valence-electron chi connectivity index (χ4n) is 0.327. The molecule has 0 fully saturated rings. The number of hydrogen-bond acceptors (Lipinski definition) is 0. The van der Waals surface area contributed by atoms with Gasteiger partial charge in [0.2, 0.25) is 5.67 Å². The second kappa shape index (κ2) is 2.40. The predicted octanol–water partition coefficient (Wildman–Crippen LogP) is 2.93. The van der Waals surface area contributed by atoms with Crippen LogP contribution in [0.1, 0.15) is 20.8 Å². The summed E-state index contributed by atoms with van der Waals surface area (Å²) in [6.07, 6.45) is -4.75. The minimum atomic E-state index is -4.75. The van der Waals surface area contributed by atoms with Gasteiger partial charge in [-0.25, -0.2) is 4.39 Å². The summed E-state index contributed by atoms with van der Waals surface area (Å²) in [7, 11) is 0. The SMILES string of the molecule is CC(C)C(C)(F)C(F)(F)F. The molecule has 0 spiro atoms. The van der Waals surface area contributed by atoms with Gasteiger partial charge in [0.1, 0.15) is 0 Å². The van der Waals surface area contributed by atoms with Crippen LogP contribution >= 0.6 is 0 Å². The summed E-state index contributed by atoms with van der Waals surface area (Å²) in [5.41, 5.74) is -3.06. The molecule has 0 aliphatic carbocycles. The van der Waals surface area contributed by atoms with Crippen LogP contribution in [0.2, 0.25) is 0 Å². The van der Waals surface area contributed by atoms with Crippen molar-refractivity contribution in [2.45, 2.75) is 32.6 Å². The number of hydrogen-bond donors (Lipinski definition) is 0. The molecule has 1 unspecified atom stereocenters. The Labute approximate surface area is 57.2 Å². The third kappa shape index (κ3) is 1.61. The fourth-order valence-corrected chi connectivity index (χ4v) is 0.327. The molecule has 0 bridgehead atoms. The highest BCUT2D eigenvalue weighted by molar-refractivity contribution is 4.84. The predicted molar refractivity (Wildman–Crippen MR) is 30.4 cm³/mol. The van der Waals surface area contributed by atoms with E-state index in [1.54, 1.807) is 0 Å². The lowest BCUT2D eigenvalue weighted by Crippen LogP contribution is -2.42. The Morgan fingerprint density at radius 2 is 1.30 bits per heavy atom. The van der Waals surface area contributed by atoms with Gasteiger partial charge in [-0.15, -0.1) is 0 Å². The molecule has 0 heterocycles. The Morgan fingerprint density at radius 3 is 1.30 bits per heavy atom. The van der Waals surface area contributed by atoms with Crippen LogP contribution in [0, 0.1) is 5.92 Å². The average molecular weight is 158 g/mol. The van der Waals surface area contributed by atoms with Gasteiger partial charge >= 0.3 is 6.18 Å². The third-order valence-corrected chi connectivity index (χ3v) is 1.64. The Hall–Kier alpha value is -0.280. The van der Waals surface area contributed by atoms with Crippen LogP contribution in [-0.4, -0.2) is 11.8 Å². The monoisotopic (exact) mass is 158 g/mol. The molecule has 0 aliphatic rings. The quantitative estimate of drug-likeness (QED) is 0.514. The first kappa shape index (κ1) is 9.72. The first-order chi connectivity index (χ1) is 4.19. The van der Waals surface area contributed by atoms with Crippen LogP contribution in [0.15, 0.2) is 0 Å². The van der Waals surface area contributed by atoms with Crippen molar-refractivity contribution in [1.82, 2.24) is 0 Å². The van der Waals surface area contributed by atoms with Gasteiger partial charge in [-0.05, 0) is 12.8 Å². The Balaban J connectivity index is 4.40. The van der Waals surface area contributed by atoms with Gasteiger partial charge < -0.3 is 0 Å². The van der Waals surface area contributed by atoms with Gasteiger partial charge in [0, 0.05) is 0 Å². The van der Waals surface area contributed by atoms with E-state index in [2.05, 4.69) is 0 Å². The highest BCUT2D eigenvalue weighted by Crippen LogP contribution is 2.38. The minimum Gasteiger partial charge on any atom is -0.234 e. The zero-order chi connectivity index (χ0) is 8.58. The summed E-state index contributed by atoms with van der Waals surface area (Å²) >= 11 is 0. The molecule has 0 aliphatic heterocycles. The second-order valence-corrected chi connectivity index (χ2v) is 2.73. The van der Waals surface area contributed by atoms with Crippen molar-refractivity contribution in [2.24, 2.45) is 5.92 Å². The van der Waals surface area contributed by atoms with Crippen molar-refractivity contribution < 1.29 is 17.6 Å². The molecule has 0 nitrogen and oxygen atoms in total. The standard InChI is InChI=1S/C6H10F4/c1-4(2)5(3,7)6(8,9)10/h4H,1-3H3. The summed E-state index contributed by atoms with van der Waals surface area (Å²) in [4.78, 5) is 0. The van der Waals surface area contributed by atoms with Crippen molar-refractivity contribution in [2.75, 3.05) is 0 Å². The zero-order valence-corrected chi connectivity index (χ0v) is 6.09. The number of rotatable bonds is 1. The summed E-state index contributed by atoms with van der Waals surface area (Å²) in [5, 5.41) is 0. The first-order valence-corrected chi connectivity index (χ1v) is 2.95. The third-order valence-electron chi connectivity index (χ3n) is 1.64. The summed E-state index contributed by atoms with van der Waals surface area (Å²) in [5.74, 6) is -1.03. The number of halogens is 4. The van der Waals surface area contributed by atoms with Crippen molar-refractivity contribution in [3.63, 3.8) is 0 Å². The molecule has 4 heteroatoms. The Bertz CT molecular complexity index is 111. The second-order valence-electron chi connectivity index (χ2n) is 2.73. The van der Waals surface area contributed by atoms with Gasteiger partial charge in [-0.2, -0.15) is 13.2 Å². The molecule has 0 aromatic carbocycles. The van der Waals surface area contributed by atoms with Crippen LogP contribution in [0.5, 0.6) is 0 Å². The molecule has 0 aromatic rings. The van der Waals surface area contributed by atoms with Crippen LogP contribution in [0.25, 0.3) is 0 Å². The Morgan fingerprint density at radius 1 is 1.00 bits per heavy atom. The molecule has 10 heavy (non-hydrogen) atoms. The molecular formula is C6H10F4. The van der Waals surface area contributed by atoms with Crippen LogP contribution in [0.4, 0.5) is 17.6 Å². The minimum absolute atomic E-state index is 0.553. The van der Waals surface area contributed by atoms with E-state index >= 15 is 0 Å². The lowest BCUT2D eigenvalue weighted by molar-refractivity contribution is -0.237. The van der Waals surface area contributed by atoms with Gasteiger partial charge in [-0.1, -0.05) is 13.8 Å². The molecule has 0 saturated heterocycles. The largest absolute Gasteiger partial charge is 0.422 e.